The number of nitrogens with zero attached hydrogens (tertiary/aromatic N) is 1. The molecule has 0 atom stereocenters. The standard InChI is InChI=1S/C21H25NO5S/c1-6-7-8-9-16-22(17-10-15-21(3,4)27-20(23)26-5)28(24,25)19-13-11-18(2)12-14-19/h6,11-14H,1,7,16-17H2,2-5H3. The first-order valence-corrected chi connectivity index (χ1v) is 9.97. The van der Waals surface area contributed by atoms with E-state index in [2.05, 4.69) is 35.0 Å². The highest BCUT2D eigenvalue weighted by atomic mass is 32.2. The van der Waals surface area contributed by atoms with Gasteiger partial charge in [0.1, 0.15) is 0 Å². The van der Waals surface area contributed by atoms with Crippen molar-refractivity contribution in [1.82, 2.24) is 4.31 Å². The van der Waals surface area contributed by atoms with Crippen LogP contribution in [0.4, 0.5) is 4.79 Å². The first kappa shape index (κ1) is 23.3. The van der Waals surface area contributed by atoms with Crippen molar-refractivity contribution in [3.63, 3.8) is 0 Å². The Hall–Kier alpha value is -2.74. The van der Waals surface area contributed by atoms with Gasteiger partial charge in [0.15, 0.2) is 5.60 Å². The fourth-order valence-corrected chi connectivity index (χ4v) is 3.24. The van der Waals surface area contributed by atoms with Crippen LogP contribution < -0.4 is 0 Å². The van der Waals surface area contributed by atoms with Crippen molar-refractivity contribution in [3.8, 4) is 23.7 Å². The zero-order valence-corrected chi connectivity index (χ0v) is 17.4. The molecule has 0 N–H and O–H groups in total. The summed E-state index contributed by atoms with van der Waals surface area (Å²) >= 11 is 0. The Labute approximate surface area is 167 Å². The van der Waals surface area contributed by atoms with Crippen molar-refractivity contribution in [2.75, 3.05) is 20.2 Å². The van der Waals surface area contributed by atoms with Crippen LogP contribution >= 0.6 is 0 Å². The van der Waals surface area contributed by atoms with E-state index in [1.807, 2.05) is 6.92 Å². The lowest BCUT2D eigenvalue weighted by Gasteiger charge is -2.19. The molecule has 0 amide bonds. The zero-order valence-electron chi connectivity index (χ0n) is 16.6. The number of methoxy groups -OCH3 is 1. The summed E-state index contributed by atoms with van der Waals surface area (Å²) in [4.78, 5) is 11.4. The predicted octanol–water partition coefficient (Wildman–Crippen LogP) is 3.13. The molecule has 1 aromatic rings. The van der Waals surface area contributed by atoms with Gasteiger partial charge in [-0.15, -0.1) is 6.58 Å². The van der Waals surface area contributed by atoms with Crippen LogP contribution in [0.1, 0.15) is 25.8 Å². The molecule has 0 aromatic heterocycles. The van der Waals surface area contributed by atoms with Gasteiger partial charge < -0.3 is 9.47 Å². The minimum absolute atomic E-state index is 0.0168. The van der Waals surface area contributed by atoms with Crippen molar-refractivity contribution in [3.05, 3.63) is 42.5 Å². The summed E-state index contributed by atoms with van der Waals surface area (Å²) in [7, 11) is -2.58. The normalized spacial score (nSPS) is 10.9. The van der Waals surface area contributed by atoms with Crippen LogP contribution in [-0.2, 0) is 19.5 Å². The van der Waals surface area contributed by atoms with E-state index in [-0.39, 0.29) is 18.0 Å². The number of hydrogen-bond donors (Lipinski definition) is 0. The third-order valence-corrected chi connectivity index (χ3v) is 5.24. The van der Waals surface area contributed by atoms with Gasteiger partial charge in [-0.3, -0.25) is 0 Å². The van der Waals surface area contributed by atoms with Crippen LogP contribution in [0.5, 0.6) is 0 Å². The number of sulfonamides is 1. The number of hydrogen-bond acceptors (Lipinski definition) is 5. The van der Waals surface area contributed by atoms with E-state index in [0.29, 0.717) is 6.42 Å². The molecule has 0 unspecified atom stereocenters. The van der Waals surface area contributed by atoms with E-state index >= 15 is 0 Å². The fourth-order valence-electron chi connectivity index (χ4n) is 1.99. The number of allylic oxidation sites excluding steroid dienone is 1. The number of carbonyl (C=O) groups is 1. The SMILES string of the molecule is C=CCC#CCN(CC#CC(C)(C)OC(=O)OC)S(=O)(=O)c1ccc(C)cc1. The van der Waals surface area contributed by atoms with Crippen molar-refractivity contribution in [1.29, 1.82) is 0 Å². The molecule has 0 saturated carbocycles. The Bertz CT molecular complexity index is 910. The van der Waals surface area contributed by atoms with Crippen LogP contribution in [0.3, 0.4) is 0 Å². The van der Waals surface area contributed by atoms with Gasteiger partial charge in [0.25, 0.3) is 0 Å². The van der Waals surface area contributed by atoms with Gasteiger partial charge in [-0.05, 0) is 32.9 Å². The number of ether oxygens (including phenoxy) is 2. The average Bonchev–Trinajstić information content (AvgIpc) is 2.63. The highest BCUT2D eigenvalue weighted by Crippen LogP contribution is 2.16. The summed E-state index contributed by atoms with van der Waals surface area (Å²) < 4.78 is 36.6. The molecule has 0 heterocycles. The molecule has 0 aliphatic rings. The molecule has 0 bridgehead atoms. The minimum atomic E-state index is -3.78. The first-order valence-electron chi connectivity index (χ1n) is 8.53. The molecule has 7 heteroatoms. The summed E-state index contributed by atoms with van der Waals surface area (Å²) in [5.74, 6) is 11.2. The number of rotatable bonds is 6. The number of aryl methyl sites for hydroxylation is 1. The maximum absolute atomic E-state index is 13.0. The van der Waals surface area contributed by atoms with Crippen molar-refractivity contribution in [2.24, 2.45) is 0 Å². The van der Waals surface area contributed by atoms with Gasteiger partial charge in [0, 0.05) is 6.42 Å². The van der Waals surface area contributed by atoms with E-state index in [9.17, 15) is 13.2 Å². The molecule has 1 aromatic carbocycles. The van der Waals surface area contributed by atoms with Crippen molar-refractivity contribution in [2.45, 2.75) is 37.7 Å². The van der Waals surface area contributed by atoms with E-state index in [4.69, 9.17) is 4.74 Å². The highest BCUT2D eigenvalue weighted by molar-refractivity contribution is 7.89. The van der Waals surface area contributed by atoms with Gasteiger partial charge >= 0.3 is 6.16 Å². The molecule has 1 rings (SSSR count). The monoisotopic (exact) mass is 403 g/mol. The van der Waals surface area contributed by atoms with E-state index < -0.39 is 21.8 Å². The van der Waals surface area contributed by atoms with E-state index in [1.54, 1.807) is 44.2 Å². The third-order valence-electron chi connectivity index (χ3n) is 3.44. The lowest BCUT2D eigenvalue weighted by molar-refractivity contribution is 0.0221. The summed E-state index contributed by atoms with van der Waals surface area (Å²) in [6.45, 7) is 8.50. The third kappa shape index (κ3) is 7.48. The van der Waals surface area contributed by atoms with Crippen LogP contribution in [0.2, 0.25) is 0 Å². The lowest BCUT2D eigenvalue weighted by Crippen LogP contribution is -2.32. The zero-order chi connectivity index (χ0) is 21.2. The molecule has 28 heavy (non-hydrogen) atoms. The Balaban J connectivity index is 3.08. The second-order valence-corrected chi connectivity index (χ2v) is 8.24. The Morgan fingerprint density at radius 3 is 2.36 bits per heavy atom. The van der Waals surface area contributed by atoms with Crippen LogP contribution in [0.15, 0.2) is 41.8 Å². The van der Waals surface area contributed by atoms with Gasteiger partial charge in [0.2, 0.25) is 10.0 Å². The molecule has 0 fully saturated rings. The van der Waals surface area contributed by atoms with Crippen LogP contribution in [0, 0.1) is 30.6 Å². The second kappa shape index (κ2) is 10.6. The summed E-state index contributed by atoms with van der Waals surface area (Å²) in [5.41, 5.74) is -0.168. The summed E-state index contributed by atoms with van der Waals surface area (Å²) in [6.07, 6.45) is 1.24. The predicted molar refractivity (Wildman–Crippen MR) is 108 cm³/mol. The smallest absolute Gasteiger partial charge is 0.438 e. The second-order valence-electron chi connectivity index (χ2n) is 6.30. The number of carbonyl (C=O) groups excluding carboxylic acids is 1. The van der Waals surface area contributed by atoms with Crippen molar-refractivity contribution < 1.29 is 22.7 Å². The number of benzene rings is 1. The molecular formula is C21H25NO5S. The molecule has 0 radical (unpaired) electrons. The maximum atomic E-state index is 13.0. The summed E-state index contributed by atoms with van der Waals surface area (Å²) in [6, 6.07) is 6.56. The van der Waals surface area contributed by atoms with Gasteiger partial charge in [-0.25, -0.2) is 13.2 Å². The Kier molecular flexibility index (Phi) is 8.78. The Morgan fingerprint density at radius 2 is 1.79 bits per heavy atom. The molecule has 0 saturated heterocycles. The van der Waals surface area contributed by atoms with Crippen LogP contribution in [-0.4, -0.2) is 44.7 Å². The Morgan fingerprint density at radius 1 is 1.18 bits per heavy atom. The average molecular weight is 404 g/mol. The first-order chi connectivity index (χ1) is 13.1. The molecule has 0 aliphatic heterocycles. The molecule has 6 nitrogen and oxygen atoms in total. The minimum Gasteiger partial charge on any atom is -0.438 e. The largest absolute Gasteiger partial charge is 0.509 e. The fraction of sp³-hybridized carbons (Fsp3) is 0.381. The molecule has 0 spiro atoms. The summed E-state index contributed by atoms with van der Waals surface area (Å²) in [5, 5.41) is 0. The highest BCUT2D eigenvalue weighted by Gasteiger charge is 2.24. The van der Waals surface area contributed by atoms with Crippen LogP contribution in [0.25, 0.3) is 0 Å². The topological polar surface area (TPSA) is 72.9 Å². The molecule has 150 valence electrons. The quantitative estimate of drug-likeness (QED) is 0.415. The van der Waals surface area contributed by atoms with E-state index in [0.717, 1.165) is 5.56 Å². The van der Waals surface area contributed by atoms with E-state index in [1.165, 1.54) is 11.4 Å². The van der Waals surface area contributed by atoms with Gasteiger partial charge in [-0.1, -0.05) is 47.5 Å². The van der Waals surface area contributed by atoms with Gasteiger partial charge in [-0.2, -0.15) is 4.31 Å². The molecule has 0 aliphatic carbocycles. The van der Waals surface area contributed by atoms with Crippen molar-refractivity contribution >= 4 is 16.2 Å². The van der Waals surface area contributed by atoms with Gasteiger partial charge in [0.05, 0.1) is 25.1 Å². The maximum Gasteiger partial charge on any atom is 0.509 e. The molecular weight excluding hydrogens is 378 g/mol. The lowest BCUT2D eigenvalue weighted by atomic mass is 10.1.